The van der Waals surface area contributed by atoms with Gasteiger partial charge in [0.1, 0.15) is 11.5 Å². The molecule has 0 aliphatic rings. The number of hydrogen-bond acceptors (Lipinski definition) is 3. The predicted molar refractivity (Wildman–Crippen MR) is 45.1 cm³/mol. The molecule has 3 nitrogen and oxygen atoms in total. The molecule has 1 aromatic rings. The highest BCUT2D eigenvalue weighted by Crippen LogP contribution is 2.18. The van der Waals surface area contributed by atoms with Gasteiger partial charge in [-0.2, -0.15) is 0 Å². The van der Waals surface area contributed by atoms with Crippen LogP contribution in [0.25, 0.3) is 0 Å². The summed E-state index contributed by atoms with van der Waals surface area (Å²) in [7, 11) is 0. The van der Waals surface area contributed by atoms with Crippen LogP contribution in [0.3, 0.4) is 0 Å². The molecule has 15 heavy (non-hydrogen) atoms. The van der Waals surface area contributed by atoms with Gasteiger partial charge in [0.05, 0.1) is 6.61 Å². The summed E-state index contributed by atoms with van der Waals surface area (Å²) in [5, 5.41) is 0. The number of hydrogen-bond donors (Lipinski definition) is 0. The van der Waals surface area contributed by atoms with Crippen molar-refractivity contribution in [1.82, 2.24) is 4.98 Å². The fraction of sp³-hybridized carbons (Fsp3) is 0.333. The normalized spacial score (nSPS) is 10.5. The largest absolute Gasteiger partial charge is 0.461 e. The van der Waals surface area contributed by atoms with Crippen molar-refractivity contribution in [3.05, 3.63) is 29.3 Å². The number of alkyl halides is 2. The van der Waals surface area contributed by atoms with E-state index in [1.807, 2.05) is 0 Å². The van der Waals surface area contributed by atoms with Crippen molar-refractivity contribution in [3.8, 4) is 0 Å². The van der Waals surface area contributed by atoms with Crippen LogP contribution in [0.1, 0.15) is 29.5 Å². The molecule has 0 amide bonds. The Kier molecular flexibility index (Phi) is 3.65. The Labute approximate surface area is 83.9 Å². The fourth-order valence-electron chi connectivity index (χ4n) is 0.939. The van der Waals surface area contributed by atoms with Crippen molar-refractivity contribution >= 4 is 5.97 Å². The summed E-state index contributed by atoms with van der Waals surface area (Å²) in [6.07, 6.45) is -2.92. The number of ether oxygens (including phenoxy) is 1. The zero-order valence-electron chi connectivity index (χ0n) is 7.84. The van der Waals surface area contributed by atoms with E-state index in [1.54, 1.807) is 6.92 Å². The summed E-state index contributed by atoms with van der Waals surface area (Å²) < 4.78 is 41.7. The zero-order valence-corrected chi connectivity index (χ0v) is 7.84. The average molecular weight is 219 g/mol. The van der Waals surface area contributed by atoms with Gasteiger partial charge in [0.2, 0.25) is 0 Å². The lowest BCUT2D eigenvalue weighted by Gasteiger charge is -2.03. The van der Waals surface area contributed by atoms with Gasteiger partial charge in [-0.15, -0.1) is 0 Å². The SMILES string of the molecule is CCOC(=O)c1cc(F)cc(C(F)F)n1. The average Bonchev–Trinajstić information content (AvgIpc) is 2.17. The van der Waals surface area contributed by atoms with Gasteiger partial charge in [-0.05, 0) is 6.92 Å². The van der Waals surface area contributed by atoms with Gasteiger partial charge in [0, 0.05) is 12.1 Å². The van der Waals surface area contributed by atoms with Gasteiger partial charge in [0.25, 0.3) is 6.43 Å². The molecule has 6 heteroatoms. The van der Waals surface area contributed by atoms with Crippen molar-refractivity contribution in [2.45, 2.75) is 13.3 Å². The fourth-order valence-corrected chi connectivity index (χ4v) is 0.939. The second kappa shape index (κ2) is 4.77. The minimum atomic E-state index is -2.92. The highest BCUT2D eigenvalue weighted by atomic mass is 19.3. The third-order valence-electron chi connectivity index (χ3n) is 1.52. The highest BCUT2D eigenvalue weighted by Gasteiger charge is 2.16. The van der Waals surface area contributed by atoms with E-state index in [2.05, 4.69) is 9.72 Å². The van der Waals surface area contributed by atoms with E-state index in [9.17, 15) is 18.0 Å². The molecule has 1 aromatic heterocycles. The molecular weight excluding hydrogens is 211 g/mol. The maximum Gasteiger partial charge on any atom is 0.357 e. The van der Waals surface area contributed by atoms with E-state index in [0.717, 1.165) is 6.07 Å². The first-order valence-electron chi connectivity index (χ1n) is 4.17. The molecule has 0 bridgehead atoms. The number of rotatable bonds is 3. The number of aromatic nitrogens is 1. The van der Waals surface area contributed by atoms with Crippen LogP contribution < -0.4 is 0 Å². The first-order chi connectivity index (χ1) is 7.04. The molecule has 0 aromatic carbocycles. The smallest absolute Gasteiger partial charge is 0.357 e. The van der Waals surface area contributed by atoms with E-state index in [-0.39, 0.29) is 6.61 Å². The summed E-state index contributed by atoms with van der Waals surface area (Å²) in [5.41, 5.74) is -1.23. The minimum Gasteiger partial charge on any atom is -0.461 e. The van der Waals surface area contributed by atoms with E-state index >= 15 is 0 Å². The molecule has 1 heterocycles. The Balaban J connectivity index is 3.03. The predicted octanol–water partition coefficient (Wildman–Crippen LogP) is 2.33. The van der Waals surface area contributed by atoms with Crippen LogP contribution in [0.5, 0.6) is 0 Å². The van der Waals surface area contributed by atoms with Crippen molar-refractivity contribution in [2.75, 3.05) is 6.61 Å². The summed E-state index contributed by atoms with van der Waals surface area (Å²) in [4.78, 5) is 14.4. The van der Waals surface area contributed by atoms with Crippen LogP contribution in [0.15, 0.2) is 12.1 Å². The Morgan fingerprint density at radius 2 is 2.20 bits per heavy atom. The molecular formula is C9H8F3NO2. The number of carbonyl (C=O) groups excluding carboxylic acids is 1. The standard InChI is InChI=1S/C9H8F3NO2/c1-2-15-9(14)7-4-5(10)3-6(13-7)8(11)12/h3-4,8H,2H2,1H3. The molecule has 0 radical (unpaired) electrons. The molecule has 1 rings (SSSR count). The summed E-state index contributed by atoms with van der Waals surface area (Å²) >= 11 is 0. The third kappa shape index (κ3) is 2.93. The number of pyridine rings is 1. The topological polar surface area (TPSA) is 39.2 Å². The van der Waals surface area contributed by atoms with E-state index in [1.165, 1.54) is 0 Å². The maximum atomic E-state index is 12.8. The zero-order chi connectivity index (χ0) is 11.4. The first kappa shape index (κ1) is 11.5. The molecule has 0 saturated carbocycles. The minimum absolute atomic E-state index is 0.0705. The Morgan fingerprint density at radius 1 is 1.53 bits per heavy atom. The number of carbonyl (C=O) groups is 1. The molecule has 0 aliphatic carbocycles. The number of esters is 1. The molecule has 0 aliphatic heterocycles. The van der Waals surface area contributed by atoms with Gasteiger partial charge < -0.3 is 4.74 Å². The van der Waals surface area contributed by atoms with Gasteiger partial charge in [-0.3, -0.25) is 0 Å². The quantitative estimate of drug-likeness (QED) is 0.732. The van der Waals surface area contributed by atoms with Gasteiger partial charge in [-0.1, -0.05) is 0 Å². The molecule has 0 atom stereocenters. The van der Waals surface area contributed by atoms with Crippen LogP contribution in [0.4, 0.5) is 13.2 Å². The second-order valence-electron chi connectivity index (χ2n) is 2.62. The monoisotopic (exact) mass is 219 g/mol. The molecule has 0 N–H and O–H groups in total. The molecule has 0 fully saturated rings. The molecule has 82 valence electrons. The summed E-state index contributed by atoms with van der Waals surface area (Å²) in [6.45, 7) is 1.62. The van der Waals surface area contributed by atoms with Crippen LogP contribution >= 0.6 is 0 Å². The van der Waals surface area contributed by atoms with E-state index < -0.39 is 29.6 Å². The Bertz CT molecular complexity index is 368. The third-order valence-corrected chi connectivity index (χ3v) is 1.52. The summed E-state index contributed by atoms with van der Waals surface area (Å²) in [5.74, 6) is -1.86. The van der Waals surface area contributed by atoms with Crippen LogP contribution in [0.2, 0.25) is 0 Å². The van der Waals surface area contributed by atoms with E-state index in [0.29, 0.717) is 6.07 Å². The Morgan fingerprint density at radius 3 is 2.73 bits per heavy atom. The van der Waals surface area contributed by atoms with Crippen LogP contribution in [-0.4, -0.2) is 17.6 Å². The van der Waals surface area contributed by atoms with Crippen LogP contribution in [0, 0.1) is 5.82 Å². The summed E-state index contributed by atoms with van der Waals surface area (Å²) in [6, 6.07) is 1.33. The maximum absolute atomic E-state index is 12.8. The molecule has 0 unspecified atom stereocenters. The highest BCUT2D eigenvalue weighted by molar-refractivity contribution is 5.87. The lowest BCUT2D eigenvalue weighted by Crippen LogP contribution is -2.09. The van der Waals surface area contributed by atoms with Gasteiger partial charge in [0.15, 0.2) is 5.69 Å². The van der Waals surface area contributed by atoms with E-state index in [4.69, 9.17) is 0 Å². The lowest BCUT2D eigenvalue weighted by atomic mass is 10.3. The first-order valence-corrected chi connectivity index (χ1v) is 4.17. The molecule has 0 spiro atoms. The number of halogens is 3. The van der Waals surface area contributed by atoms with Crippen molar-refractivity contribution in [1.29, 1.82) is 0 Å². The van der Waals surface area contributed by atoms with Crippen molar-refractivity contribution in [2.24, 2.45) is 0 Å². The van der Waals surface area contributed by atoms with Crippen LogP contribution in [-0.2, 0) is 4.74 Å². The van der Waals surface area contributed by atoms with Crippen molar-refractivity contribution in [3.63, 3.8) is 0 Å². The van der Waals surface area contributed by atoms with Gasteiger partial charge >= 0.3 is 5.97 Å². The number of nitrogens with zero attached hydrogens (tertiary/aromatic N) is 1. The van der Waals surface area contributed by atoms with Gasteiger partial charge in [-0.25, -0.2) is 22.9 Å². The van der Waals surface area contributed by atoms with Crippen molar-refractivity contribution < 1.29 is 22.7 Å². The Hall–Kier alpha value is -1.59. The lowest BCUT2D eigenvalue weighted by molar-refractivity contribution is 0.0517. The molecule has 0 saturated heterocycles. The second-order valence-corrected chi connectivity index (χ2v) is 2.62.